The number of thiophene rings is 1. The van der Waals surface area contributed by atoms with Crippen molar-refractivity contribution in [2.24, 2.45) is 0 Å². The van der Waals surface area contributed by atoms with Crippen LogP contribution in [-0.4, -0.2) is 32.1 Å². The number of ether oxygens (including phenoxy) is 1. The standard InChI is InChI=1S/C14H17NOS/c1-15-7-5-11-12-9-10(16-2)3-4-13(12)17-14(11)6-8-15/h3-4,9H,5-8H2,1-2H3. The van der Waals surface area contributed by atoms with Crippen molar-refractivity contribution in [3.8, 4) is 5.75 Å². The first kappa shape index (κ1) is 11.1. The summed E-state index contributed by atoms with van der Waals surface area (Å²) in [6, 6.07) is 6.44. The summed E-state index contributed by atoms with van der Waals surface area (Å²) in [7, 11) is 3.94. The number of methoxy groups -OCH3 is 1. The third-order valence-corrected chi connectivity index (χ3v) is 4.82. The molecular weight excluding hydrogens is 230 g/mol. The minimum atomic E-state index is 0.968. The van der Waals surface area contributed by atoms with Gasteiger partial charge in [-0.25, -0.2) is 0 Å². The molecule has 2 heterocycles. The molecule has 0 radical (unpaired) electrons. The molecule has 2 aromatic rings. The number of benzene rings is 1. The Morgan fingerprint density at radius 3 is 2.88 bits per heavy atom. The molecule has 0 unspecified atom stereocenters. The van der Waals surface area contributed by atoms with E-state index in [-0.39, 0.29) is 0 Å². The van der Waals surface area contributed by atoms with E-state index in [9.17, 15) is 0 Å². The second kappa shape index (κ2) is 4.31. The van der Waals surface area contributed by atoms with E-state index in [0.29, 0.717) is 0 Å². The molecule has 3 heteroatoms. The van der Waals surface area contributed by atoms with Crippen LogP contribution in [0.2, 0.25) is 0 Å². The van der Waals surface area contributed by atoms with E-state index in [0.717, 1.165) is 12.3 Å². The molecule has 1 aliphatic rings. The SMILES string of the molecule is COc1ccc2sc3c(c2c1)CCN(C)CC3. The first-order valence-corrected chi connectivity index (χ1v) is 6.86. The summed E-state index contributed by atoms with van der Waals surface area (Å²) in [5.41, 5.74) is 1.55. The van der Waals surface area contributed by atoms with Crippen LogP contribution in [-0.2, 0) is 12.8 Å². The molecule has 0 fully saturated rings. The lowest BCUT2D eigenvalue weighted by Crippen LogP contribution is -2.20. The predicted octanol–water partition coefficient (Wildman–Crippen LogP) is 2.94. The van der Waals surface area contributed by atoms with Crippen LogP contribution in [0.5, 0.6) is 5.75 Å². The van der Waals surface area contributed by atoms with E-state index in [1.165, 1.54) is 29.5 Å². The van der Waals surface area contributed by atoms with Crippen LogP contribution in [0.1, 0.15) is 10.4 Å². The lowest BCUT2D eigenvalue weighted by Gasteiger charge is -2.11. The van der Waals surface area contributed by atoms with Gasteiger partial charge in [-0.15, -0.1) is 11.3 Å². The van der Waals surface area contributed by atoms with Gasteiger partial charge in [-0.1, -0.05) is 0 Å². The second-order valence-electron chi connectivity index (χ2n) is 4.67. The predicted molar refractivity (Wildman–Crippen MR) is 73.3 cm³/mol. The summed E-state index contributed by atoms with van der Waals surface area (Å²) >= 11 is 1.95. The van der Waals surface area contributed by atoms with Gasteiger partial charge in [0.15, 0.2) is 0 Å². The van der Waals surface area contributed by atoms with Crippen molar-refractivity contribution >= 4 is 21.4 Å². The van der Waals surface area contributed by atoms with E-state index in [2.05, 4.69) is 30.1 Å². The van der Waals surface area contributed by atoms with Crippen LogP contribution in [0, 0.1) is 0 Å². The van der Waals surface area contributed by atoms with Gasteiger partial charge in [0, 0.05) is 22.7 Å². The van der Waals surface area contributed by atoms with E-state index >= 15 is 0 Å². The summed E-state index contributed by atoms with van der Waals surface area (Å²) in [6.07, 6.45) is 2.35. The Hall–Kier alpha value is -1.06. The van der Waals surface area contributed by atoms with Crippen LogP contribution in [0.4, 0.5) is 0 Å². The van der Waals surface area contributed by atoms with Gasteiger partial charge in [0.25, 0.3) is 0 Å². The van der Waals surface area contributed by atoms with Gasteiger partial charge in [0.05, 0.1) is 7.11 Å². The summed E-state index contributed by atoms with van der Waals surface area (Å²) in [5, 5.41) is 1.40. The van der Waals surface area contributed by atoms with E-state index < -0.39 is 0 Å². The second-order valence-corrected chi connectivity index (χ2v) is 5.81. The zero-order chi connectivity index (χ0) is 11.8. The Morgan fingerprint density at radius 1 is 1.24 bits per heavy atom. The van der Waals surface area contributed by atoms with Crippen LogP contribution in [0.3, 0.4) is 0 Å². The fourth-order valence-corrected chi connectivity index (χ4v) is 3.71. The maximum atomic E-state index is 5.33. The van der Waals surface area contributed by atoms with E-state index in [1.807, 2.05) is 11.3 Å². The van der Waals surface area contributed by atoms with E-state index in [4.69, 9.17) is 4.74 Å². The largest absolute Gasteiger partial charge is 0.497 e. The third kappa shape index (κ3) is 1.94. The lowest BCUT2D eigenvalue weighted by atomic mass is 10.1. The van der Waals surface area contributed by atoms with Gasteiger partial charge in [-0.3, -0.25) is 0 Å². The molecule has 0 spiro atoms. The zero-order valence-electron chi connectivity index (χ0n) is 10.3. The fraction of sp³-hybridized carbons (Fsp3) is 0.429. The molecule has 0 N–H and O–H groups in total. The Morgan fingerprint density at radius 2 is 2.06 bits per heavy atom. The smallest absolute Gasteiger partial charge is 0.119 e. The average molecular weight is 247 g/mol. The number of rotatable bonds is 1. The minimum absolute atomic E-state index is 0.968. The Bertz CT molecular complexity index is 546. The molecule has 1 aromatic heterocycles. The van der Waals surface area contributed by atoms with Crippen LogP contribution >= 0.6 is 11.3 Å². The molecule has 0 atom stereocenters. The van der Waals surface area contributed by atoms with Crippen LogP contribution in [0.15, 0.2) is 18.2 Å². The number of fused-ring (bicyclic) bond motifs is 3. The fourth-order valence-electron chi connectivity index (χ4n) is 2.49. The number of nitrogens with zero attached hydrogens (tertiary/aromatic N) is 1. The van der Waals surface area contributed by atoms with Gasteiger partial charge >= 0.3 is 0 Å². The zero-order valence-corrected chi connectivity index (χ0v) is 11.1. The number of hydrogen-bond donors (Lipinski definition) is 0. The highest BCUT2D eigenvalue weighted by Gasteiger charge is 2.16. The summed E-state index contributed by atoms with van der Waals surface area (Å²) < 4.78 is 6.73. The lowest BCUT2D eigenvalue weighted by molar-refractivity contribution is 0.353. The monoisotopic (exact) mass is 247 g/mol. The first-order valence-electron chi connectivity index (χ1n) is 6.05. The molecule has 1 aliphatic heterocycles. The van der Waals surface area contributed by atoms with Crippen molar-refractivity contribution in [3.63, 3.8) is 0 Å². The number of hydrogen-bond acceptors (Lipinski definition) is 3. The summed E-state index contributed by atoms with van der Waals surface area (Å²) in [4.78, 5) is 3.98. The highest BCUT2D eigenvalue weighted by Crippen LogP contribution is 2.35. The van der Waals surface area contributed by atoms with E-state index in [1.54, 1.807) is 17.6 Å². The molecule has 3 rings (SSSR count). The van der Waals surface area contributed by atoms with Crippen molar-refractivity contribution < 1.29 is 4.74 Å². The van der Waals surface area contributed by atoms with Gasteiger partial charge in [-0.2, -0.15) is 0 Å². The molecule has 0 saturated carbocycles. The molecule has 0 aliphatic carbocycles. The van der Waals surface area contributed by atoms with Gasteiger partial charge in [-0.05, 0) is 49.0 Å². The quantitative estimate of drug-likeness (QED) is 0.768. The minimum Gasteiger partial charge on any atom is -0.497 e. The average Bonchev–Trinajstić information content (AvgIpc) is 2.60. The molecule has 0 bridgehead atoms. The van der Waals surface area contributed by atoms with Crippen molar-refractivity contribution in [1.29, 1.82) is 0 Å². The highest BCUT2D eigenvalue weighted by molar-refractivity contribution is 7.19. The maximum Gasteiger partial charge on any atom is 0.119 e. The molecule has 0 amide bonds. The van der Waals surface area contributed by atoms with Crippen LogP contribution < -0.4 is 4.74 Å². The molecule has 2 nitrogen and oxygen atoms in total. The normalized spacial score (nSPS) is 16.8. The Labute approximate surface area is 106 Å². The molecule has 1 aromatic carbocycles. The maximum absolute atomic E-state index is 5.33. The van der Waals surface area contributed by atoms with Crippen LogP contribution in [0.25, 0.3) is 10.1 Å². The number of likely N-dealkylation sites (N-methyl/N-ethyl adjacent to an activating group) is 1. The highest BCUT2D eigenvalue weighted by atomic mass is 32.1. The van der Waals surface area contributed by atoms with Gasteiger partial charge in [0.1, 0.15) is 5.75 Å². The molecular formula is C14H17NOS. The van der Waals surface area contributed by atoms with Gasteiger partial charge in [0.2, 0.25) is 0 Å². The third-order valence-electron chi connectivity index (χ3n) is 3.55. The van der Waals surface area contributed by atoms with Crippen molar-refractivity contribution in [2.45, 2.75) is 12.8 Å². The van der Waals surface area contributed by atoms with Crippen molar-refractivity contribution in [1.82, 2.24) is 4.90 Å². The molecule has 17 heavy (non-hydrogen) atoms. The molecule has 0 saturated heterocycles. The van der Waals surface area contributed by atoms with Crippen molar-refractivity contribution in [3.05, 3.63) is 28.6 Å². The summed E-state index contributed by atoms with van der Waals surface area (Å²) in [6.45, 7) is 2.34. The Balaban J connectivity index is 2.12. The molecule has 90 valence electrons. The Kier molecular flexibility index (Phi) is 2.81. The van der Waals surface area contributed by atoms with Crippen molar-refractivity contribution in [2.75, 3.05) is 27.2 Å². The summed E-state index contributed by atoms with van der Waals surface area (Å²) in [5.74, 6) is 0.968. The first-order chi connectivity index (χ1) is 8.28. The van der Waals surface area contributed by atoms with Gasteiger partial charge < -0.3 is 9.64 Å². The topological polar surface area (TPSA) is 12.5 Å².